The summed E-state index contributed by atoms with van der Waals surface area (Å²) in [5.41, 5.74) is 12.0. The van der Waals surface area contributed by atoms with Gasteiger partial charge >= 0.3 is 0 Å². The van der Waals surface area contributed by atoms with Crippen molar-refractivity contribution in [3.8, 4) is 11.1 Å². The van der Waals surface area contributed by atoms with Crippen LogP contribution in [0.3, 0.4) is 0 Å². The Bertz CT molecular complexity index is 1740. The van der Waals surface area contributed by atoms with Crippen LogP contribution < -0.4 is 11.1 Å². The lowest BCUT2D eigenvalue weighted by atomic mass is 9.89. The predicted octanol–water partition coefficient (Wildman–Crippen LogP) is 6.35. The number of nitrogens with two attached hydrogens (primary N) is 1. The van der Waals surface area contributed by atoms with Crippen LogP contribution in [0.5, 0.6) is 0 Å². The quantitative estimate of drug-likeness (QED) is 0.242. The molecular weight excluding hydrogens is 569 g/mol. The highest BCUT2D eigenvalue weighted by molar-refractivity contribution is 6.45. The van der Waals surface area contributed by atoms with Crippen molar-refractivity contribution in [1.29, 1.82) is 0 Å². The third kappa shape index (κ3) is 4.88. The normalized spacial score (nSPS) is 20.5. The molecule has 1 aliphatic carbocycles. The molecule has 4 heterocycles. The summed E-state index contributed by atoms with van der Waals surface area (Å²) >= 11 is 12.6. The second kappa shape index (κ2) is 11.0. The second-order valence-electron chi connectivity index (χ2n) is 11.6. The molecule has 2 aliphatic rings. The van der Waals surface area contributed by atoms with Gasteiger partial charge in [0.05, 0.1) is 20.9 Å². The van der Waals surface area contributed by atoms with Gasteiger partial charge in [0.15, 0.2) is 0 Å². The molecule has 11 heteroatoms. The molecule has 9 nitrogen and oxygen atoms in total. The first kappa shape index (κ1) is 27.5. The van der Waals surface area contributed by atoms with E-state index in [0.717, 1.165) is 59.3 Å². The van der Waals surface area contributed by atoms with Gasteiger partial charge in [-0.2, -0.15) is 0 Å². The van der Waals surface area contributed by atoms with Gasteiger partial charge in [-0.3, -0.25) is 4.90 Å². The van der Waals surface area contributed by atoms with Gasteiger partial charge in [-0.05, 0) is 62.6 Å². The summed E-state index contributed by atoms with van der Waals surface area (Å²) in [5, 5.41) is 5.28. The van der Waals surface area contributed by atoms with E-state index < -0.39 is 0 Å². The zero-order chi connectivity index (χ0) is 29.0. The fraction of sp³-hybridized carbons (Fsp3) is 0.387. The van der Waals surface area contributed by atoms with Crippen molar-refractivity contribution in [3.63, 3.8) is 0 Å². The number of imidazole rings is 1. The van der Waals surface area contributed by atoms with Crippen molar-refractivity contribution in [2.75, 3.05) is 44.3 Å². The Morgan fingerprint density at radius 3 is 2.33 bits per heavy atom. The van der Waals surface area contributed by atoms with E-state index in [0.29, 0.717) is 39.4 Å². The van der Waals surface area contributed by atoms with Crippen LogP contribution in [0.4, 0.5) is 17.5 Å². The number of aryl methyl sites for hydroxylation is 1. The van der Waals surface area contributed by atoms with Gasteiger partial charge in [0.1, 0.15) is 23.3 Å². The number of anilines is 3. The molecule has 2 aromatic carbocycles. The van der Waals surface area contributed by atoms with E-state index in [4.69, 9.17) is 33.9 Å². The number of piperazine rings is 1. The first-order valence-electron chi connectivity index (χ1n) is 14.6. The predicted molar refractivity (Wildman–Crippen MR) is 172 cm³/mol. The lowest BCUT2D eigenvalue weighted by Gasteiger charge is -2.41. The number of halogens is 2. The molecule has 3 N–H and O–H groups in total. The van der Waals surface area contributed by atoms with Crippen molar-refractivity contribution >= 4 is 62.7 Å². The number of benzene rings is 2. The van der Waals surface area contributed by atoms with Crippen molar-refractivity contribution in [3.05, 3.63) is 59.0 Å². The first-order valence-corrected chi connectivity index (χ1v) is 15.3. The van der Waals surface area contributed by atoms with Gasteiger partial charge in [0, 0.05) is 62.8 Å². The van der Waals surface area contributed by atoms with Crippen LogP contribution in [0.15, 0.2) is 48.9 Å². The van der Waals surface area contributed by atoms with Gasteiger partial charge < -0.3 is 25.1 Å². The van der Waals surface area contributed by atoms with Crippen LogP contribution in [0, 0.1) is 0 Å². The van der Waals surface area contributed by atoms with E-state index in [-0.39, 0.29) is 0 Å². The molecule has 0 bridgehead atoms. The zero-order valence-electron chi connectivity index (χ0n) is 23.9. The molecule has 1 aliphatic heterocycles. The molecule has 7 rings (SSSR count). The summed E-state index contributed by atoms with van der Waals surface area (Å²) in [4.78, 5) is 18.9. The van der Waals surface area contributed by atoms with Gasteiger partial charge in [-0.15, -0.1) is 0 Å². The zero-order valence-corrected chi connectivity index (χ0v) is 25.4. The lowest BCUT2D eigenvalue weighted by molar-refractivity contribution is 0.0828. The molecule has 2 fully saturated rings. The fourth-order valence-corrected chi connectivity index (χ4v) is 7.02. The highest BCUT2D eigenvalue weighted by atomic mass is 35.5. The lowest BCUT2D eigenvalue weighted by Crippen LogP contribution is -2.49. The topological polar surface area (TPSA) is 93.1 Å². The summed E-state index contributed by atoms with van der Waals surface area (Å²) in [6.07, 6.45) is 8.52. The molecule has 0 unspecified atom stereocenters. The Labute approximate surface area is 255 Å². The SMILES string of the molecule is CN1CCN([C@H]2CC[C@H](n3cc(-c4ccc(Nc5nc6c(Cl)c(Cl)ccc6n5C)cc4)c4c(N)ncnc43)CC2)CC1. The van der Waals surface area contributed by atoms with Crippen LogP contribution in [-0.4, -0.2) is 73.2 Å². The minimum atomic E-state index is 0.401. The Balaban J connectivity index is 1.13. The van der Waals surface area contributed by atoms with Crippen LogP contribution in [0.2, 0.25) is 10.0 Å². The van der Waals surface area contributed by atoms with E-state index in [1.165, 1.54) is 25.9 Å². The van der Waals surface area contributed by atoms with Crippen LogP contribution in [0.1, 0.15) is 31.7 Å². The maximum Gasteiger partial charge on any atom is 0.208 e. The van der Waals surface area contributed by atoms with Gasteiger partial charge in [0.2, 0.25) is 5.95 Å². The van der Waals surface area contributed by atoms with Crippen molar-refractivity contribution < 1.29 is 0 Å². The molecule has 5 aromatic rings. The Morgan fingerprint density at radius 1 is 0.881 bits per heavy atom. The first-order chi connectivity index (χ1) is 20.4. The van der Waals surface area contributed by atoms with E-state index in [1.54, 1.807) is 12.4 Å². The third-order valence-corrected chi connectivity index (χ3v) is 9.94. The van der Waals surface area contributed by atoms with E-state index in [2.05, 4.69) is 55.0 Å². The number of hydrogen-bond acceptors (Lipinski definition) is 7. The molecule has 42 heavy (non-hydrogen) atoms. The minimum absolute atomic E-state index is 0.401. The molecule has 218 valence electrons. The molecule has 1 saturated heterocycles. The number of rotatable bonds is 5. The molecule has 0 spiro atoms. The Morgan fingerprint density at radius 2 is 1.60 bits per heavy atom. The van der Waals surface area contributed by atoms with E-state index in [9.17, 15) is 0 Å². The van der Waals surface area contributed by atoms with E-state index >= 15 is 0 Å². The summed E-state index contributed by atoms with van der Waals surface area (Å²) in [6.45, 7) is 4.68. The average molecular weight is 605 g/mol. The summed E-state index contributed by atoms with van der Waals surface area (Å²) < 4.78 is 4.32. The molecule has 0 radical (unpaired) electrons. The maximum absolute atomic E-state index is 6.46. The number of nitrogens with one attached hydrogen (secondary N) is 1. The van der Waals surface area contributed by atoms with Crippen molar-refractivity contribution in [1.82, 2.24) is 33.9 Å². The largest absolute Gasteiger partial charge is 0.383 e. The van der Waals surface area contributed by atoms with Crippen molar-refractivity contribution in [2.24, 2.45) is 7.05 Å². The highest BCUT2D eigenvalue weighted by Gasteiger charge is 2.30. The average Bonchev–Trinajstić information content (AvgIpc) is 3.55. The third-order valence-electron chi connectivity index (χ3n) is 9.15. The minimum Gasteiger partial charge on any atom is -0.383 e. The van der Waals surface area contributed by atoms with Crippen LogP contribution in [-0.2, 0) is 7.05 Å². The maximum atomic E-state index is 6.46. The number of nitrogens with zero attached hydrogens (tertiary/aromatic N) is 7. The van der Waals surface area contributed by atoms with Crippen LogP contribution in [0.25, 0.3) is 33.2 Å². The molecular formula is C31H35Cl2N9. The number of fused-ring (bicyclic) bond motifs is 2. The Kier molecular flexibility index (Phi) is 7.22. The summed E-state index contributed by atoms with van der Waals surface area (Å²) in [6, 6.07) is 13.1. The second-order valence-corrected chi connectivity index (χ2v) is 12.4. The number of likely N-dealkylation sites (N-methyl/N-ethyl adjacent to an activating group) is 1. The Hall–Kier alpha value is -3.37. The standard InChI is InChI=1S/C31H35Cl2N9/c1-39-13-15-41(16-14-39)21-7-9-22(10-8-21)42-17-23(26-29(34)35-18-36-30(26)42)19-3-5-20(6-4-19)37-31-38-28-25(40(31)2)12-11-24(32)27(28)33/h3-6,11-12,17-18,21-22H,7-10,13-16H2,1-2H3,(H,37,38)(H2,34,35,36)/t21-,22-. The number of hydrogen-bond donors (Lipinski definition) is 2. The number of nitrogen functional groups attached to an aromatic ring is 1. The smallest absolute Gasteiger partial charge is 0.208 e. The molecule has 3 aromatic heterocycles. The monoisotopic (exact) mass is 603 g/mol. The summed E-state index contributed by atoms with van der Waals surface area (Å²) in [7, 11) is 4.17. The molecule has 0 atom stereocenters. The van der Waals surface area contributed by atoms with Crippen LogP contribution >= 0.6 is 23.2 Å². The van der Waals surface area contributed by atoms with Gasteiger partial charge in [-0.25, -0.2) is 15.0 Å². The number of aromatic nitrogens is 5. The highest BCUT2D eigenvalue weighted by Crippen LogP contribution is 2.39. The van der Waals surface area contributed by atoms with Gasteiger partial charge in [0.25, 0.3) is 0 Å². The summed E-state index contributed by atoms with van der Waals surface area (Å²) in [5.74, 6) is 1.20. The van der Waals surface area contributed by atoms with E-state index in [1.807, 2.05) is 29.8 Å². The van der Waals surface area contributed by atoms with Gasteiger partial charge in [-0.1, -0.05) is 35.3 Å². The fourth-order valence-electron chi connectivity index (χ4n) is 6.67. The molecule has 0 amide bonds. The molecule has 1 saturated carbocycles. The van der Waals surface area contributed by atoms with Crippen molar-refractivity contribution in [2.45, 2.75) is 37.8 Å².